The highest BCUT2D eigenvalue weighted by molar-refractivity contribution is 6.15. The molecule has 0 saturated carbocycles. The number of esters is 1. The number of non-ortho nitro benzene ring substituents is 1. The quantitative estimate of drug-likeness (QED) is 0.198. The number of benzene rings is 3. The van der Waals surface area contributed by atoms with E-state index in [1.54, 1.807) is 13.0 Å². The van der Waals surface area contributed by atoms with Crippen molar-refractivity contribution in [3.8, 4) is 11.5 Å². The van der Waals surface area contributed by atoms with Crippen LogP contribution in [-0.4, -0.2) is 16.7 Å². The number of carbonyl (C=O) groups is 2. The van der Waals surface area contributed by atoms with E-state index in [9.17, 15) is 19.7 Å². The molecule has 4 rings (SSSR count). The van der Waals surface area contributed by atoms with E-state index in [2.05, 4.69) is 0 Å². The fraction of sp³-hybridized carbons (Fsp3) is 0.0833. The lowest BCUT2D eigenvalue weighted by Crippen LogP contribution is -2.11. The summed E-state index contributed by atoms with van der Waals surface area (Å²) in [5.41, 5.74) is 2.41. The number of hydrogen-bond acceptors (Lipinski definition) is 6. The van der Waals surface area contributed by atoms with Gasteiger partial charge in [0.2, 0.25) is 5.78 Å². The van der Waals surface area contributed by atoms with Gasteiger partial charge in [0.25, 0.3) is 5.69 Å². The van der Waals surface area contributed by atoms with Crippen molar-refractivity contribution >= 4 is 23.5 Å². The molecule has 31 heavy (non-hydrogen) atoms. The number of carbonyl (C=O) groups excluding carboxylic acids is 2. The number of hydrogen-bond donors (Lipinski definition) is 0. The Morgan fingerprint density at radius 1 is 1.10 bits per heavy atom. The van der Waals surface area contributed by atoms with Crippen molar-refractivity contribution < 1.29 is 24.0 Å². The van der Waals surface area contributed by atoms with Crippen molar-refractivity contribution in [1.29, 1.82) is 0 Å². The van der Waals surface area contributed by atoms with E-state index in [0.717, 1.165) is 5.56 Å². The maximum absolute atomic E-state index is 12.8. The minimum atomic E-state index is -0.492. The predicted octanol–water partition coefficient (Wildman–Crippen LogP) is 4.67. The number of fused-ring (bicyclic) bond motifs is 1. The summed E-state index contributed by atoms with van der Waals surface area (Å²) in [6.45, 7) is 1.74. The molecule has 0 unspecified atom stereocenters. The third-order valence-electron chi connectivity index (χ3n) is 4.77. The SMILES string of the molecule is Cc1cc(OC(=O)Cc2ccccc2)cc2c1C(=O)/C(=C/c1ccc([N+](=O)[O-])cc1)O2. The molecule has 1 aliphatic rings. The van der Waals surface area contributed by atoms with Crippen LogP contribution >= 0.6 is 0 Å². The highest BCUT2D eigenvalue weighted by atomic mass is 16.6. The van der Waals surface area contributed by atoms with Crippen LogP contribution in [0.15, 0.2) is 72.5 Å². The number of nitro benzene ring substituents is 1. The molecule has 0 N–H and O–H groups in total. The van der Waals surface area contributed by atoms with Crippen molar-refractivity contribution in [2.45, 2.75) is 13.3 Å². The van der Waals surface area contributed by atoms with Crippen LogP contribution in [0, 0.1) is 17.0 Å². The molecule has 7 nitrogen and oxygen atoms in total. The lowest BCUT2D eigenvalue weighted by atomic mass is 10.0. The van der Waals surface area contributed by atoms with Crippen LogP contribution in [0.3, 0.4) is 0 Å². The van der Waals surface area contributed by atoms with E-state index >= 15 is 0 Å². The zero-order chi connectivity index (χ0) is 22.0. The molecule has 0 amide bonds. The average molecular weight is 415 g/mol. The molecule has 0 radical (unpaired) electrons. The number of Topliss-reactive ketones (excluding diaryl/α,β-unsaturated/α-hetero) is 1. The Morgan fingerprint density at radius 3 is 2.48 bits per heavy atom. The molecule has 0 fully saturated rings. The van der Waals surface area contributed by atoms with Crippen LogP contribution in [0.25, 0.3) is 6.08 Å². The fourth-order valence-electron chi connectivity index (χ4n) is 3.31. The van der Waals surface area contributed by atoms with E-state index in [1.165, 1.54) is 36.4 Å². The van der Waals surface area contributed by atoms with Crippen LogP contribution in [0.5, 0.6) is 11.5 Å². The summed E-state index contributed by atoms with van der Waals surface area (Å²) in [4.78, 5) is 35.3. The maximum atomic E-state index is 12.8. The first-order valence-corrected chi connectivity index (χ1v) is 9.48. The molecule has 0 spiro atoms. The highest BCUT2D eigenvalue weighted by Gasteiger charge is 2.30. The molecular formula is C24H17NO6. The van der Waals surface area contributed by atoms with Gasteiger partial charge in [-0.25, -0.2) is 0 Å². The van der Waals surface area contributed by atoms with E-state index in [-0.39, 0.29) is 23.7 Å². The number of aryl methyl sites for hydroxylation is 1. The topological polar surface area (TPSA) is 95.7 Å². The average Bonchev–Trinajstić information content (AvgIpc) is 3.04. The van der Waals surface area contributed by atoms with E-state index in [0.29, 0.717) is 28.2 Å². The summed E-state index contributed by atoms with van der Waals surface area (Å²) in [6, 6.07) is 18.2. The van der Waals surface area contributed by atoms with Gasteiger partial charge in [-0.2, -0.15) is 0 Å². The van der Waals surface area contributed by atoms with Gasteiger partial charge >= 0.3 is 5.97 Å². The highest BCUT2D eigenvalue weighted by Crippen LogP contribution is 2.37. The molecule has 3 aromatic rings. The first-order chi connectivity index (χ1) is 14.9. The largest absolute Gasteiger partial charge is 0.452 e. The summed E-state index contributed by atoms with van der Waals surface area (Å²) in [5, 5.41) is 10.8. The number of ketones is 1. The van der Waals surface area contributed by atoms with Crippen molar-refractivity contribution in [1.82, 2.24) is 0 Å². The summed E-state index contributed by atoms with van der Waals surface area (Å²) in [7, 11) is 0. The first kappa shape index (κ1) is 20.0. The number of allylic oxidation sites excluding steroid dienone is 1. The lowest BCUT2D eigenvalue weighted by Gasteiger charge is -2.08. The lowest BCUT2D eigenvalue weighted by molar-refractivity contribution is -0.384. The van der Waals surface area contributed by atoms with Crippen LogP contribution in [-0.2, 0) is 11.2 Å². The van der Waals surface area contributed by atoms with Gasteiger partial charge in [-0.05, 0) is 47.9 Å². The van der Waals surface area contributed by atoms with Gasteiger partial charge in [-0.3, -0.25) is 19.7 Å². The molecule has 0 aromatic heterocycles. The smallest absolute Gasteiger partial charge is 0.315 e. The molecule has 0 bridgehead atoms. The molecule has 1 aliphatic heterocycles. The Balaban J connectivity index is 1.53. The maximum Gasteiger partial charge on any atom is 0.315 e. The predicted molar refractivity (Wildman–Crippen MR) is 113 cm³/mol. The first-order valence-electron chi connectivity index (χ1n) is 9.48. The number of ether oxygens (including phenoxy) is 2. The molecule has 0 saturated heterocycles. The van der Waals surface area contributed by atoms with Gasteiger partial charge in [0.05, 0.1) is 16.9 Å². The van der Waals surface area contributed by atoms with Crippen LogP contribution in [0.2, 0.25) is 0 Å². The minimum absolute atomic E-state index is 0.0399. The fourth-order valence-corrected chi connectivity index (χ4v) is 3.31. The third kappa shape index (κ3) is 4.35. The summed E-state index contributed by atoms with van der Waals surface area (Å²) in [6.07, 6.45) is 1.65. The Bertz CT molecular complexity index is 1210. The van der Waals surface area contributed by atoms with E-state index in [1.807, 2.05) is 30.3 Å². The van der Waals surface area contributed by atoms with Gasteiger partial charge in [0.15, 0.2) is 5.76 Å². The summed E-state index contributed by atoms with van der Waals surface area (Å²) in [5.74, 6) is -0.0218. The normalized spacial score (nSPS) is 13.6. The summed E-state index contributed by atoms with van der Waals surface area (Å²) >= 11 is 0. The zero-order valence-electron chi connectivity index (χ0n) is 16.5. The molecular weight excluding hydrogens is 398 g/mol. The van der Waals surface area contributed by atoms with Gasteiger partial charge in [-0.15, -0.1) is 0 Å². The molecule has 1 heterocycles. The van der Waals surface area contributed by atoms with Crippen LogP contribution < -0.4 is 9.47 Å². The molecule has 3 aromatic carbocycles. The Hall–Kier alpha value is -4.26. The Morgan fingerprint density at radius 2 is 1.81 bits per heavy atom. The Kier molecular flexibility index (Phi) is 5.32. The van der Waals surface area contributed by atoms with Gasteiger partial charge in [-0.1, -0.05) is 30.3 Å². The second-order valence-electron chi connectivity index (χ2n) is 7.04. The van der Waals surface area contributed by atoms with Crippen molar-refractivity contribution in [3.05, 3.63) is 105 Å². The third-order valence-corrected chi connectivity index (χ3v) is 4.77. The van der Waals surface area contributed by atoms with Gasteiger partial charge in [0, 0.05) is 18.2 Å². The number of rotatable bonds is 5. The van der Waals surface area contributed by atoms with Crippen molar-refractivity contribution in [3.63, 3.8) is 0 Å². The van der Waals surface area contributed by atoms with E-state index in [4.69, 9.17) is 9.47 Å². The Labute approximate surface area is 177 Å². The molecule has 0 aliphatic carbocycles. The molecule has 154 valence electrons. The molecule has 7 heteroatoms. The number of nitrogens with zero attached hydrogens (tertiary/aromatic N) is 1. The number of nitro groups is 1. The second-order valence-corrected chi connectivity index (χ2v) is 7.04. The monoisotopic (exact) mass is 415 g/mol. The van der Waals surface area contributed by atoms with Crippen LogP contribution in [0.1, 0.15) is 27.0 Å². The molecule has 0 atom stereocenters. The van der Waals surface area contributed by atoms with E-state index < -0.39 is 10.9 Å². The van der Waals surface area contributed by atoms with Gasteiger partial charge < -0.3 is 9.47 Å². The van der Waals surface area contributed by atoms with Crippen molar-refractivity contribution in [2.24, 2.45) is 0 Å². The standard InChI is InChI=1S/C24H17NO6/c1-15-11-19(30-22(26)13-16-5-3-2-4-6-16)14-20-23(15)24(27)21(31-20)12-17-7-9-18(10-8-17)25(28)29/h2-12,14H,13H2,1H3/b21-12-. The zero-order valence-corrected chi connectivity index (χ0v) is 16.5. The van der Waals surface area contributed by atoms with Crippen molar-refractivity contribution in [2.75, 3.05) is 0 Å². The minimum Gasteiger partial charge on any atom is -0.452 e. The van der Waals surface area contributed by atoms with Crippen LogP contribution in [0.4, 0.5) is 5.69 Å². The van der Waals surface area contributed by atoms with Gasteiger partial charge in [0.1, 0.15) is 11.5 Å². The summed E-state index contributed by atoms with van der Waals surface area (Å²) < 4.78 is 11.1. The second kappa shape index (κ2) is 8.23.